The predicted molar refractivity (Wildman–Crippen MR) is 79.3 cm³/mol. The molecule has 0 radical (unpaired) electrons. The molecule has 5 N–H and O–H groups in total. The fraction of sp³-hybridized carbons (Fsp3) is 1.00. The van der Waals surface area contributed by atoms with Crippen LogP contribution in [0.2, 0.25) is 0 Å². The molecule has 1 heterocycles. The van der Waals surface area contributed by atoms with Crippen LogP contribution in [0.5, 0.6) is 0 Å². The molecule has 2 aliphatic carbocycles. The van der Waals surface area contributed by atoms with E-state index >= 15 is 0 Å². The smallest absolute Gasteiger partial charge is 0.186 e. The van der Waals surface area contributed by atoms with E-state index in [0.29, 0.717) is 12.8 Å². The van der Waals surface area contributed by atoms with Crippen molar-refractivity contribution in [3.05, 3.63) is 0 Å². The van der Waals surface area contributed by atoms with Crippen LogP contribution in [0, 0.1) is 16.7 Å². The van der Waals surface area contributed by atoms with Gasteiger partial charge in [0, 0.05) is 5.41 Å². The van der Waals surface area contributed by atoms with Gasteiger partial charge in [-0.3, -0.25) is 0 Å². The second kappa shape index (κ2) is 5.62. The minimum atomic E-state index is -1.43. The molecule has 2 unspecified atom stereocenters. The maximum Gasteiger partial charge on any atom is 0.186 e. The summed E-state index contributed by atoms with van der Waals surface area (Å²) >= 11 is 0. The maximum absolute atomic E-state index is 10.2. The summed E-state index contributed by atoms with van der Waals surface area (Å²) < 4.78 is 11.4. The third-order valence-corrected chi connectivity index (χ3v) is 6.82. The zero-order chi connectivity index (χ0) is 17.2. The summed E-state index contributed by atoms with van der Waals surface area (Å²) in [4.78, 5) is 0. The molecule has 1 saturated heterocycles. The Kier molecular flexibility index (Phi) is 4.29. The van der Waals surface area contributed by atoms with Crippen LogP contribution >= 0.6 is 0 Å². The zero-order valence-electron chi connectivity index (χ0n) is 13.8. The molecule has 23 heavy (non-hydrogen) atoms. The quantitative estimate of drug-likeness (QED) is 0.449. The maximum atomic E-state index is 10.2. The summed E-state index contributed by atoms with van der Waals surface area (Å²) in [5.41, 5.74) is -0.374. The molecule has 1 aliphatic heterocycles. The average molecular weight is 332 g/mol. The first kappa shape index (κ1) is 17.5. The molecule has 0 aromatic rings. The SMILES string of the molecule is CC1(C)C2C[C@@H](O[C@@H]3O[C@H](CO)[C@@H](O)[C@H](O)[C@H]3O)C1(C)C[C@@H]2O. The standard InChI is InChI=1S/C16H28O7/c1-15(2)7-4-10(16(15,3)5-8(7)18)23-14-13(21)12(20)11(19)9(6-17)22-14/h7-14,17-21H,4-6H2,1-3H3/t7?,8-,9+,10+,11+,12-,13+,14-,16?/m0/s1. The molecule has 3 rings (SSSR count). The predicted octanol–water partition coefficient (Wildman–Crippen LogP) is -1.01. The third-order valence-electron chi connectivity index (χ3n) is 6.82. The van der Waals surface area contributed by atoms with Crippen LogP contribution in [0.25, 0.3) is 0 Å². The van der Waals surface area contributed by atoms with E-state index in [1.807, 2.05) is 0 Å². The van der Waals surface area contributed by atoms with E-state index in [9.17, 15) is 25.5 Å². The van der Waals surface area contributed by atoms with Crippen molar-refractivity contribution in [1.82, 2.24) is 0 Å². The fourth-order valence-corrected chi connectivity index (χ4v) is 4.78. The van der Waals surface area contributed by atoms with Crippen molar-refractivity contribution in [3.63, 3.8) is 0 Å². The van der Waals surface area contributed by atoms with Crippen molar-refractivity contribution in [2.75, 3.05) is 6.61 Å². The van der Waals surface area contributed by atoms with Crippen molar-refractivity contribution < 1.29 is 35.0 Å². The number of aliphatic hydroxyl groups is 5. The molecule has 2 bridgehead atoms. The average Bonchev–Trinajstić information content (AvgIpc) is 2.78. The first-order valence-electron chi connectivity index (χ1n) is 8.27. The van der Waals surface area contributed by atoms with Crippen molar-refractivity contribution in [3.8, 4) is 0 Å². The van der Waals surface area contributed by atoms with Gasteiger partial charge in [-0.1, -0.05) is 20.8 Å². The van der Waals surface area contributed by atoms with E-state index in [-0.39, 0.29) is 29.0 Å². The van der Waals surface area contributed by atoms with Crippen molar-refractivity contribution in [2.24, 2.45) is 16.7 Å². The molecule has 3 fully saturated rings. The van der Waals surface area contributed by atoms with Crippen molar-refractivity contribution in [2.45, 2.75) is 76.5 Å². The number of rotatable bonds is 3. The molecule has 134 valence electrons. The normalized spacial score (nSPS) is 55.3. The molecule has 3 aliphatic rings. The van der Waals surface area contributed by atoms with E-state index in [4.69, 9.17) is 9.47 Å². The molecule has 0 aromatic heterocycles. The highest BCUT2D eigenvalue weighted by atomic mass is 16.7. The first-order chi connectivity index (χ1) is 10.6. The summed E-state index contributed by atoms with van der Waals surface area (Å²) in [7, 11) is 0. The number of fused-ring (bicyclic) bond motifs is 2. The van der Waals surface area contributed by atoms with Gasteiger partial charge < -0.3 is 35.0 Å². The van der Waals surface area contributed by atoms with Crippen LogP contribution < -0.4 is 0 Å². The Hall–Kier alpha value is -0.280. The van der Waals surface area contributed by atoms with Crippen molar-refractivity contribution in [1.29, 1.82) is 0 Å². The summed E-state index contributed by atoms with van der Waals surface area (Å²) in [6, 6.07) is 0. The number of hydrogen-bond acceptors (Lipinski definition) is 7. The summed E-state index contributed by atoms with van der Waals surface area (Å²) in [6.45, 7) is 5.83. The fourth-order valence-electron chi connectivity index (χ4n) is 4.78. The highest BCUT2D eigenvalue weighted by molar-refractivity contribution is 5.14. The van der Waals surface area contributed by atoms with Crippen LogP contribution in [0.3, 0.4) is 0 Å². The molecule has 7 nitrogen and oxygen atoms in total. The lowest BCUT2D eigenvalue weighted by molar-refractivity contribution is -0.320. The molecule has 2 saturated carbocycles. The largest absolute Gasteiger partial charge is 0.394 e. The van der Waals surface area contributed by atoms with Gasteiger partial charge in [0.05, 0.1) is 18.8 Å². The minimum absolute atomic E-state index is 0.106. The highest BCUT2D eigenvalue weighted by Crippen LogP contribution is 2.66. The lowest BCUT2D eigenvalue weighted by atomic mass is 9.70. The van der Waals surface area contributed by atoms with E-state index < -0.39 is 37.3 Å². The molecule has 9 atom stereocenters. The third kappa shape index (κ3) is 2.37. The lowest BCUT2D eigenvalue weighted by Crippen LogP contribution is -2.60. The van der Waals surface area contributed by atoms with Gasteiger partial charge in [-0.2, -0.15) is 0 Å². The number of aliphatic hydroxyl groups excluding tert-OH is 5. The first-order valence-corrected chi connectivity index (χ1v) is 8.27. The monoisotopic (exact) mass is 332 g/mol. The Morgan fingerprint density at radius 2 is 1.70 bits per heavy atom. The summed E-state index contributed by atoms with van der Waals surface area (Å²) in [5.74, 6) is 0.113. The highest BCUT2D eigenvalue weighted by Gasteiger charge is 2.66. The topological polar surface area (TPSA) is 120 Å². The van der Waals surface area contributed by atoms with Gasteiger partial charge in [0.2, 0.25) is 0 Å². The van der Waals surface area contributed by atoms with Crippen LogP contribution in [0.15, 0.2) is 0 Å². The minimum Gasteiger partial charge on any atom is -0.394 e. The van der Waals surface area contributed by atoms with Gasteiger partial charge in [0.1, 0.15) is 24.4 Å². The number of ether oxygens (including phenoxy) is 2. The second-order valence-corrected chi connectivity index (χ2v) is 8.07. The Labute approximate surface area is 135 Å². The van der Waals surface area contributed by atoms with E-state index in [1.54, 1.807) is 0 Å². The van der Waals surface area contributed by atoms with Gasteiger partial charge in [0.25, 0.3) is 0 Å². The Morgan fingerprint density at radius 1 is 1.04 bits per heavy atom. The van der Waals surface area contributed by atoms with E-state index in [1.165, 1.54) is 0 Å². The number of hydrogen-bond donors (Lipinski definition) is 5. The van der Waals surface area contributed by atoms with Gasteiger partial charge in [-0.15, -0.1) is 0 Å². The van der Waals surface area contributed by atoms with Gasteiger partial charge in [0.15, 0.2) is 6.29 Å². The molecular formula is C16H28O7. The molecule has 7 heteroatoms. The molecular weight excluding hydrogens is 304 g/mol. The van der Waals surface area contributed by atoms with Crippen LogP contribution in [-0.2, 0) is 9.47 Å². The zero-order valence-corrected chi connectivity index (χ0v) is 13.8. The van der Waals surface area contributed by atoms with E-state index in [0.717, 1.165) is 0 Å². The Bertz CT molecular complexity index is 454. The molecule has 0 aromatic carbocycles. The summed E-state index contributed by atoms with van der Waals surface area (Å²) in [5, 5.41) is 49.3. The van der Waals surface area contributed by atoms with Gasteiger partial charge in [-0.05, 0) is 24.2 Å². The van der Waals surface area contributed by atoms with Gasteiger partial charge in [-0.25, -0.2) is 0 Å². The van der Waals surface area contributed by atoms with Crippen LogP contribution in [0.1, 0.15) is 33.6 Å². The summed E-state index contributed by atoms with van der Waals surface area (Å²) in [6.07, 6.45) is -5.60. The Balaban J connectivity index is 1.75. The second-order valence-electron chi connectivity index (χ2n) is 8.07. The molecule has 0 amide bonds. The van der Waals surface area contributed by atoms with Crippen molar-refractivity contribution >= 4 is 0 Å². The Morgan fingerprint density at radius 3 is 2.17 bits per heavy atom. The molecule has 0 spiro atoms. The van der Waals surface area contributed by atoms with Crippen LogP contribution in [-0.4, -0.2) is 75.1 Å². The van der Waals surface area contributed by atoms with Gasteiger partial charge >= 0.3 is 0 Å². The lowest BCUT2D eigenvalue weighted by Gasteiger charge is -2.44. The van der Waals surface area contributed by atoms with Crippen LogP contribution in [0.4, 0.5) is 0 Å². The van der Waals surface area contributed by atoms with E-state index in [2.05, 4.69) is 20.8 Å².